The first-order valence-electron chi connectivity index (χ1n) is 14.2. The highest BCUT2D eigenvalue weighted by Gasteiger charge is 2.30. The number of alkyl halides is 3. The van der Waals surface area contributed by atoms with Gasteiger partial charge >= 0.3 is 6.18 Å². The minimum atomic E-state index is -4.46. The van der Waals surface area contributed by atoms with Crippen molar-refractivity contribution in [3.05, 3.63) is 149 Å². The molecule has 0 unspecified atom stereocenters. The standard InChI is InChI=1S/C35H28F3N5O3/c1-22-19-23(21-41-34(46)30(25-7-3-2-4-8-25)42-32(44)26-15-17-39-18-16-26)20-40-31(22)43-33(45)29-10-6-5-9-28(29)24-11-13-27(14-12-24)35(36,37)38/h2-20,30H,21H2,1H3,(H,41,46)(H,42,44)(H,40,43,45)/t30-/m0/s1. The van der Waals surface area contributed by atoms with E-state index in [1.165, 1.54) is 30.7 Å². The van der Waals surface area contributed by atoms with Crippen molar-refractivity contribution in [1.82, 2.24) is 20.6 Å². The van der Waals surface area contributed by atoms with Crippen LogP contribution >= 0.6 is 0 Å². The molecule has 0 saturated heterocycles. The summed E-state index contributed by atoms with van der Waals surface area (Å²) in [6, 6.07) is 24.0. The van der Waals surface area contributed by atoms with E-state index in [9.17, 15) is 27.6 Å². The zero-order chi connectivity index (χ0) is 32.7. The molecule has 2 heterocycles. The lowest BCUT2D eigenvalue weighted by atomic mass is 9.98. The molecule has 232 valence electrons. The number of aromatic nitrogens is 2. The van der Waals surface area contributed by atoms with E-state index in [-0.39, 0.29) is 17.9 Å². The number of hydrogen-bond acceptors (Lipinski definition) is 5. The van der Waals surface area contributed by atoms with Crippen LogP contribution in [0.5, 0.6) is 0 Å². The normalized spacial score (nSPS) is 11.7. The summed E-state index contributed by atoms with van der Waals surface area (Å²) in [6.45, 7) is 1.85. The molecule has 11 heteroatoms. The van der Waals surface area contributed by atoms with Gasteiger partial charge in [-0.15, -0.1) is 0 Å². The molecule has 46 heavy (non-hydrogen) atoms. The van der Waals surface area contributed by atoms with Crippen LogP contribution in [0.15, 0.2) is 116 Å². The first-order valence-corrected chi connectivity index (χ1v) is 14.2. The molecule has 0 saturated carbocycles. The third-order valence-electron chi connectivity index (χ3n) is 7.14. The monoisotopic (exact) mass is 623 g/mol. The smallest absolute Gasteiger partial charge is 0.350 e. The summed E-state index contributed by atoms with van der Waals surface area (Å²) in [5.74, 6) is -1.05. The molecule has 2 aromatic heterocycles. The van der Waals surface area contributed by atoms with Crippen molar-refractivity contribution in [2.75, 3.05) is 5.32 Å². The van der Waals surface area contributed by atoms with E-state index in [1.54, 1.807) is 73.7 Å². The van der Waals surface area contributed by atoms with Crippen molar-refractivity contribution in [2.45, 2.75) is 25.7 Å². The number of carbonyl (C=O) groups is 3. The van der Waals surface area contributed by atoms with Gasteiger partial charge in [-0.1, -0.05) is 60.7 Å². The molecule has 5 rings (SSSR count). The van der Waals surface area contributed by atoms with Crippen LogP contribution in [0.2, 0.25) is 0 Å². The van der Waals surface area contributed by atoms with Crippen molar-refractivity contribution in [2.24, 2.45) is 0 Å². The molecule has 0 radical (unpaired) electrons. The average Bonchev–Trinajstić information content (AvgIpc) is 3.07. The fourth-order valence-electron chi connectivity index (χ4n) is 4.76. The third kappa shape index (κ3) is 7.62. The van der Waals surface area contributed by atoms with E-state index in [4.69, 9.17) is 0 Å². The van der Waals surface area contributed by atoms with Crippen LogP contribution in [-0.4, -0.2) is 27.7 Å². The zero-order valence-corrected chi connectivity index (χ0v) is 24.5. The van der Waals surface area contributed by atoms with E-state index in [0.717, 1.165) is 12.1 Å². The van der Waals surface area contributed by atoms with Gasteiger partial charge in [-0.3, -0.25) is 19.4 Å². The Bertz CT molecular complexity index is 1850. The first kappa shape index (κ1) is 31.6. The van der Waals surface area contributed by atoms with Crippen molar-refractivity contribution in [3.63, 3.8) is 0 Å². The van der Waals surface area contributed by atoms with E-state index >= 15 is 0 Å². The highest BCUT2D eigenvalue weighted by molar-refractivity contribution is 6.08. The predicted octanol–water partition coefficient (Wildman–Crippen LogP) is 6.51. The Morgan fingerprint density at radius 3 is 2.17 bits per heavy atom. The van der Waals surface area contributed by atoms with Crippen molar-refractivity contribution in [1.29, 1.82) is 0 Å². The van der Waals surface area contributed by atoms with Crippen LogP contribution < -0.4 is 16.0 Å². The molecule has 0 aliphatic heterocycles. The summed E-state index contributed by atoms with van der Waals surface area (Å²) in [4.78, 5) is 47.7. The Morgan fingerprint density at radius 2 is 1.50 bits per heavy atom. The number of carbonyl (C=O) groups excluding carboxylic acids is 3. The van der Waals surface area contributed by atoms with Crippen molar-refractivity contribution >= 4 is 23.5 Å². The summed E-state index contributed by atoms with van der Waals surface area (Å²) >= 11 is 0. The second-order valence-corrected chi connectivity index (χ2v) is 10.4. The molecule has 0 fully saturated rings. The number of hydrogen-bond donors (Lipinski definition) is 3. The van der Waals surface area contributed by atoms with Gasteiger partial charge in [0.05, 0.1) is 5.56 Å². The zero-order valence-electron chi connectivity index (χ0n) is 24.5. The summed E-state index contributed by atoms with van der Waals surface area (Å²) in [5, 5.41) is 8.39. The number of anilines is 1. The lowest BCUT2D eigenvalue weighted by molar-refractivity contribution is -0.137. The van der Waals surface area contributed by atoms with Crippen molar-refractivity contribution in [3.8, 4) is 11.1 Å². The van der Waals surface area contributed by atoms with Gasteiger partial charge in [0, 0.05) is 36.3 Å². The average molecular weight is 624 g/mol. The topological polar surface area (TPSA) is 113 Å². The third-order valence-corrected chi connectivity index (χ3v) is 7.14. The Hall–Kier alpha value is -5.84. The molecular weight excluding hydrogens is 595 g/mol. The maximum atomic E-state index is 13.3. The summed E-state index contributed by atoms with van der Waals surface area (Å²) in [6.07, 6.45) is 0.0311. The number of amides is 3. The molecule has 1 atom stereocenters. The molecule has 0 bridgehead atoms. The number of nitrogens with zero attached hydrogens (tertiary/aromatic N) is 2. The molecule has 0 aliphatic rings. The quantitative estimate of drug-likeness (QED) is 0.173. The minimum absolute atomic E-state index is 0.103. The molecule has 3 amide bonds. The fraction of sp³-hybridized carbons (Fsp3) is 0.114. The molecule has 5 aromatic rings. The number of nitrogens with one attached hydrogen (secondary N) is 3. The number of pyridine rings is 2. The van der Waals surface area contributed by atoms with E-state index in [1.807, 2.05) is 6.07 Å². The Morgan fingerprint density at radius 1 is 0.826 bits per heavy atom. The van der Waals surface area contributed by atoms with Gasteiger partial charge in [0.15, 0.2) is 0 Å². The Kier molecular flexibility index (Phi) is 9.51. The van der Waals surface area contributed by atoms with Gasteiger partial charge in [0.1, 0.15) is 11.9 Å². The van der Waals surface area contributed by atoms with Crippen LogP contribution in [0.3, 0.4) is 0 Å². The summed E-state index contributed by atoms with van der Waals surface area (Å²) in [5.41, 5.74) is 2.66. The maximum absolute atomic E-state index is 13.3. The molecule has 0 aliphatic carbocycles. The number of aryl methyl sites for hydroxylation is 1. The Balaban J connectivity index is 1.26. The molecule has 3 N–H and O–H groups in total. The Labute approximate surface area is 262 Å². The van der Waals surface area contributed by atoms with Gasteiger partial charge in [-0.25, -0.2) is 4.98 Å². The maximum Gasteiger partial charge on any atom is 0.416 e. The summed E-state index contributed by atoms with van der Waals surface area (Å²) < 4.78 is 39.1. The van der Waals surface area contributed by atoms with Crippen LogP contribution in [0, 0.1) is 6.92 Å². The SMILES string of the molecule is Cc1cc(CNC(=O)[C@@H](NC(=O)c2ccncc2)c2ccccc2)cnc1NC(=O)c1ccccc1-c1ccc(C(F)(F)F)cc1. The first-order chi connectivity index (χ1) is 22.1. The van der Waals surface area contributed by atoms with E-state index < -0.39 is 35.5 Å². The largest absolute Gasteiger partial charge is 0.416 e. The fourth-order valence-corrected chi connectivity index (χ4v) is 4.76. The number of rotatable bonds is 9. The van der Waals surface area contributed by atoms with Crippen LogP contribution in [0.25, 0.3) is 11.1 Å². The van der Waals surface area contributed by atoms with Gasteiger partial charge in [0.25, 0.3) is 11.8 Å². The minimum Gasteiger partial charge on any atom is -0.350 e. The lowest BCUT2D eigenvalue weighted by Crippen LogP contribution is -2.40. The second kappa shape index (κ2) is 13.9. The molecule has 3 aromatic carbocycles. The lowest BCUT2D eigenvalue weighted by Gasteiger charge is -2.19. The predicted molar refractivity (Wildman–Crippen MR) is 167 cm³/mol. The highest BCUT2D eigenvalue weighted by atomic mass is 19.4. The van der Waals surface area contributed by atoms with Gasteiger partial charge in [-0.2, -0.15) is 13.2 Å². The van der Waals surface area contributed by atoms with Crippen molar-refractivity contribution < 1.29 is 27.6 Å². The number of halogens is 3. The van der Waals surface area contributed by atoms with Gasteiger partial charge in [-0.05, 0) is 71.1 Å². The molecular formula is C35H28F3N5O3. The van der Waals surface area contributed by atoms with Crippen LogP contribution in [0.4, 0.5) is 19.0 Å². The second-order valence-electron chi connectivity index (χ2n) is 10.4. The summed E-state index contributed by atoms with van der Waals surface area (Å²) in [7, 11) is 0. The van der Waals surface area contributed by atoms with Gasteiger partial charge in [0.2, 0.25) is 5.91 Å². The van der Waals surface area contributed by atoms with Crippen LogP contribution in [0.1, 0.15) is 49.0 Å². The van der Waals surface area contributed by atoms with E-state index in [2.05, 4.69) is 25.9 Å². The van der Waals surface area contributed by atoms with Gasteiger partial charge < -0.3 is 16.0 Å². The van der Waals surface area contributed by atoms with Crippen LogP contribution in [-0.2, 0) is 17.5 Å². The molecule has 0 spiro atoms. The molecule has 8 nitrogen and oxygen atoms in total. The highest BCUT2D eigenvalue weighted by Crippen LogP contribution is 2.32. The van der Waals surface area contributed by atoms with E-state index in [0.29, 0.717) is 33.4 Å². The number of benzene rings is 3.